The summed E-state index contributed by atoms with van der Waals surface area (Å²) in [6.07, 6.45) is 0. The highest BCUT2D eigenvalue weighted by Gasteiger charge is 2.25. The summed E-state index contributed by atoms with van der Waals surface area (Å²) >= 11 is 11.7. The third kappa shape index (κ3) is 4.21. The van der Waals surface area contributed by atoms with Crippen LogP contribution in [0.5, 0.6) is 0 Å². The van der Waals surface area contributed by atoms with Gasteiger partial charge in [0.05, 0.1) is 0 Å². The molecule has 1 atom stereocenters. The van der Waals surface area contributed by atoms with E-state index in [1.165, 1.54) is 0 Å². The Morgan fingerprint density at radius 1 is 0.846 bits per heavy atom. The third-order valence-corrected chi connectivity index (χ3v) is 4.32. The largest absolute Gasteiger partial charge is 0.371 e. The standard InChI is InChI=1S/C20H13Cl2F2NO/c21-13-3-1-12(2-4-13)20(26)19(17-11-15(23)7-10-18(17)24)25-16-8-5-14(22)6-9-16/h1-11,19,25H. The molecule has 0 heterocycles. The molecule has 0 saturated carbocycles. The van der Waals surface area contributed by atoms with Crippen LogP contribution in [0.1, 0.15) is 22.0 Å². The molecule has 0 aliphatic heterocycles. The van der Waals surface area contributed by atoms with E-state index in [1.807, 2.05) is 0 Å². The first kappa shape index (κ1) is 18.4. The van der Waals surface area contributed by atoms with Gasteiger partial charge in [-0.1, -0.05) is 23.2 Å². The van der Waals surface area contributed by atoms with Gasteiger partial charge in [0.15, 0.2) is 5.78 Å². The molecule has 0 aliphatic rings. The summed E-state index contributed by atoms with van der Waals surface area (Å²) in [7, 11) is 0. The van der Waals surface area contributed by atoms with E-state index in [4.69, 9.17) is 23.2 Å². The summed E-state index contributed by atoms with van der Waals surface area (Å²) in [4.78, 5) is 13.0. The first-order chi connectivity index (χ1) is 12.4. The normalized spacial score (nSPS) is 11.8. The third-order valence-electron chi connectivity index (χ3n) is 3.82. The zero-order valence-corrected chi connectivity index (χ0v) is 14.9. The van der Waals surface area contributed by atoms with Gasteiger partial charge in [-0.25, -0.2) is 8.78 Å². The number of Topliss-reactive ketones (excluding diaryl/α,β-unsaturated/α-hetero) is 1. The van der Waals surface area contributed by atoms with Gasteiger partial charge in [-0.2, -0.15) is 0 Å². The number of anilines is 1. The molecule has 0 amide bonds. The fourth-order valence-electron chi connectivity index (χ4n) is 2.51. The number of carbonyl (C=O) groups excluding carboxylic acids is 1. The van der Waals surface area contributed by atoms with Gasteiger partial charge in [0.1, 0.15) is 17.7 Å². The SMILES string of the molecule is O=C(c1ccc(Cl)cc1)C(Nc1ccc(Cl)cc1)c1cc(F)ccc1F. The summed E-state index contributed by atoms with van der Waals surface area (Å²) < 4.78 is 28.0. The average molecular weight is 392 g/mol. The molecule has 3 aromatic carbocycles. The van der Waals surface area contributed by atoms with Gasteiger partial charge in [-0.15, -0.1) is 0 Å². The number of hydrogen-bond donors (Lipinski definition) is 1. The first-order valence-corrected chi connectivity index (χ1v) is 8.46. The van der Waals surface area contributed by atoms with Gasteiger partial charge in [-0.3, -0.25) is 4.79 Å². The van der Waals surface area contributed by atoms with Crippen LogP contribution >= 0.6 is 23.2 Å². The molecule has 1 N–H and O–H groups in total. The van der Waals surface area contributed by atoms with Crippen molar-refractivity contribution < 1.29 is 13.6 Å². The molecule has 6 heteroatoms. The minimum absolute atomic E-state index is 0.0834. The highest BCUT2D eigenvalue weighted by molar-refractivity contribution is 6.31. The maximum absolute atomic E-state index is 14.3. The Morgan fingerprint density at radius 2 is 1.42 bits per heavy atom. The molecule has 0 aliphatic carbocycles. The summed E-state index contributed by atoms with van der Waals surface area (Å²) in [6.45, 7) is 0. The number of benzene rings is 3. The van der Waals surface area contributed by atoms with E-state index in [2.05, 4.69) is 5.32 Å². The van der Waals surface area contributed by atoms with Gasteiger partial charge in [0.25, 0.3) is 0 Å². The smallest absolute Gasteiger partial charge is 0.189 e. The molecule has 3 rings (SSSR count). The van der Waals surface area contributed by atoms with Crippen molar-refractivity contribution in [2.24, 2.45) is 0 Å². The first-order valence-electron chi connectivity index (χ1n) is 7.71. The fourth-order valence-corrected chi connectivity index (χ4v) is 2.77. The monoisotopic (exact) mass is 391 g/mol. The van der Waals surface area contributed by atoms with Crippen molar-refractivity contribution in [2.45, 2.75) is 6.04 Å². The maximum Gasteiger partial charge on any atom is 0.189 e. The van der Waals surface area contributed by atoms with Gasteiger partial charge in [0, 0.05) is 26.9 Å². The van der Waals surface area contributed by atoms with E-state index in [0.717, 1.165) is 18.2 Å². The number of halogens is 4. The lowest BCUT2D eigenvalue weighted by Gasteiger charge is -2.20. The molecule has 26 heavy (non-hydrogen) atoms. The second-order valence-electron chi connectivity index (χ2n) is 5.62. The second-order valence-corrected chi connectivity index (χ2v) is 6.49. The predicted octanol–water partition coefficient (Wildman–Crippen LogP) is 6.31. The van der Waals surface area contributed by atoms with Crippen LogP contribution in [0, 0.1) is 11.6 Å². The number of hydrogen-bond acceptors (Lipinski definition) is 2. The molecular weight excluding hydrogens is 379 g/mol. The Morgan fingerprint density at radius 3 is 2.04 bits per heavy atom. The van der Waals surface area contributed by atoms with E-state index in [0.29, 0.717) is 21.3 Å². The van der Waals surface area contributed by atoms with E-state index < -0.39 is 23.5 Å². The van der Waals surface area contributed by atoms with Gasteiger partial charge >= 0.3 is 0 Å². The number of carbonyl (C=O) groups is 1. The van der Waals surface area contributed by atoms with E-state index in [9.17, 15) is 13.6 Å². The molecule has 2 nitrogen and oxygen atoms in total. The van der Waals surface area contributed by atoms with Crippen LogP contribution in [0.4, 0.5) is 14.5 Å². The van der Waals surface area contributed by atoms with Crippen LogP contribution in [0.25, 0.3) is 0 Å². The molecule has 132 valence electrons. The van der Waals surface area contributed by atoms with E-state index >= 15 is 0 Å². The topological polar surface area (TPSA) is 29.1 Å². The number of rotatable bonds is 5. The lowest BCUT2D eigenvalue weighted by Crippen LogP contribution is -2.22. The van der Waals surface area contributed by atoms with Crippen molar-refractivity contribution in [3.05, 3.63) is 99.5 Å². The number of nitrogens with one attached hydrogen (secondary N) is 1. The molecule has 3 aromatic rings. The Bertz CT molecular complexity index is 928. The lowest BCUT2D eigenvalue weighted by atomic mass is 9.96. The fraction of sp³-hybridized carbons (Fsp3) is 0.0500. The lowest BCUT2D eigenvalue weighted by molar-refractivity contribution is 0.0968. The molecule has 0 saturated heterocycles. The second kappa shape index (κ2) is 7.85. The molecule has 0 aromatic heterocycles. The van der Waals surface area contributed by atoms with Crippen molar-refractivity contribution in [3.63, 3.8) is 0 Å². The van der Waals surface area contributed by atoms with Gasteiger partial charge in [-0.05, 0) is 66.7 Å². The molecule has 0 fully saturated rings. The molecule has 0 radical (unpaired) electrons. The quantitative estimate of drug-likeness (QED) is 0.516. The van der Waals surface area contributed by atoms with Crippen molar-refractivity contribution in [1.29, 1.82) is 0 Å². The predicted molar refractivity (Wildman–Crippen MR) is 100.0 cm³/mol. The van der Waals surface area contributed by atoms with Crippen LogP contribution in [-0.4, -0.2) is 5.78 Å². The average Bonchev–Trinajstić information content (AvgIpc) is 2.63. The van der Waals surface area contributed by atoms with E-state index in [1.54, 1.807) is 48.5 Å². The van der Waals surface area contributed by atoms with Crippen LogP contribution in [0.3, 0.4) is 0 Å². The highest BCUT2D eigenvalue weighted by Crippen LogP contribution is 2.27. The van der Waals surface area contributed by atoms with Crippen LogP contribution in [0.15, 0.2) is 66.7 Å². The highest BCUT2D eigenvalue weighted by atomic mass is 35.5. The van der Waals surface area contributed by atoms with Crippen molar-refractivity contribution >= 4 is 34.7 Å². The molecule has 1 unspecified atom stereocenters. The van der Waals surface area contributed by atoms with Crippen LogP contribution < -0.4 is 5.32 Å². The van der Waals surface area contributed by atoms with Crippen molar-refractivity contribution in [2.75, 3.05) is 5.32 Å². The Kier molecular flexibility index (Phi) is 5.55. The molecule has 0 spiro atoms. The summed E-state index contributed by atoms with van der Waals surface area (Å²) in [5.74, 6) is -1.73. The van der Waals surface area contributed by atoms with Crippen LogP contribution in [-0.2, 0) is 0 Å². The van der Waals surface area contributed by atoms with E-state index in [-0.39, 0.29) is 5.56 Å². The zero-order valence-electron chi connectivity index (χ0n) is 13.3. The Hall–Kier alpha value is -2.43. The summed E-state index contributed by atoms with van der Waals surface area (Å²) in [5, 5.41) is 3.95. The van der Waals surface area contributed by atoms with Gasteiger partial charge in [0.2, 0.25) is 0 Å². The zero-order chi connectivity index (χ0) is 18.7. The summed E-state index contributed by atoms with van der Waals surface area (Å²) in [6, 6.07) is 14.7. The molecule has 0 bridgehead atoms. The Balaban J connectivity index is 2.02. The number of ketones is 1. The van der Waals surface area contributed by atoms with Crippen LogP contribution in [0.2, 0.25) is 10.0 Å². The summed E-state index contributed by atoms with van der Waals surface area (Å²) in [5.41, 5.74) is 0.787. The molecular formula is C20H13Cl2F2NO. The minimum atomic E-state index is -1.12. The van der Waals surface area contributed by atoms with Gasteiger partial charge < -0.3 is 5.32 Å². The van der Waals surface area contributed by atoms with Crippen molar-refractivity contribution in [3.8, 4) is 0 Å². The van der Waals surface area contributed by atoms with Crippen molar-refractivity contribution in [1.82, 2.24) is 0 Å². The minimum Gasteiger partial charge on any atom is -0.371 e. The Labute approximate surface area is 159 Å². The maximum atomic E-state index is 14.3.